The van der Waals surface area contributed by atoms with Crippen molar-refractivity contribution in [2.45, 2.75) is 38.5 Å². The molecule has 1 unspecified atom stereocenters. The van der Waals surface area contributed by atoms with Crippen LogP contribution >= 0.6 is 0 Å². The fourth-order valence-electron chi connectivity index (χ4n) is 3.68. The minimum atomic E-state index is -0.847. The number of carboxylic acid groups (broad SMARTS) is 1. The first-order chi connectivity index (χ1) is 11.0. The van der Waals surface area contributed by atoms with Crippen LogP contribution in [0, 0.1) is 11.8 Å². The lowest BCUT2D eigenvalue weighted by molar-refractivity contribution is -0.137. The Morgan fingerprint density at radius 1 is 1.00 bits per heavy atom. The number of aliphatic carboxylic acids is 1. The van der Waals surface area contributed by atoms with Crippen molar-refractivity contribution < 1.29 is 19.5 Å². The average Bonchev–Trinajstić information content (AvgIpc) is 3.04. The Kier molecular flexibility index (Phi) is 6.24. The third-order valence-corrected chi connectivity index (χ3v) is 5.07. The molecule has 130 valence electrons. The van der Waals surface area contributed by atoms with Gasteiger partial charge in [0.05, 0.1) is 0 Å². The molecule has 2 saturated heterocycles. The molecule has 2 heterocycles. The Labute approximate surface area is 137 Å². The lowest BCUT2D eigenvalue weighted by atomic mass is 9.84. The summed E-state index contributed by atoms with van der Waals surface area (Å²) in [5.41, 5.74) is 0. The number of carbonyl (C=O) groups is 3. The first-order valence-electron chi connectivity index (χ1n) is 8.47. The maximum atomic E-state index is 12.1. The number of amides is 3. The summed E-state index contributed by atoms with van der Waals surface area (Å²) in [4.78, 5) is 37.9. The van der Waals surface area contributed by atoms with E-state index in [9.17, 15) is 14.4 Å². The van der Waals surface area contributed by atoms with E-state index in [1.807, 2.05) is 9.80 Å². The lowest BCUT2D eigenvalue weighted by Crippen LogP contribution is -2.44. The van der Waals surface area contributed by atoms with E-state index >= 15 is 0 Å². The van der Waals surface area contributed by atoms with E-state index in [1.165, 1.54) is 0 Å². The Balaban J connectivity index is 1.72. The highest BCUT2D eigenvalue weighted by Crippen LogP contribution is 2.32. The summed E-state index contributed by atoms with van der Waals surface area (Å²) in [6.07, 6.45) is 3.82. The lowest BCUT2D eigenvalue weighted by Gasteiger charge is -2.34. The van der Waals surface area contributed by atoms with Gasteiger partial charge in [0.2, 0.25) is 5.91 Å². The van der Waals surface area contributed by atoms with Gasteiger partial charge in [0.15, 0.2) is 0 Å². The van der Waals surface area contributed by atoms with Crippen LogP contribution in [-0.2, 0) is 9.59 Å². The second-order valence-corrected chi connectivity index (χ2v) is 6.52. The summed E-state index contributed by atoms with van der Waals surface area (Å²) >= 11 is 0. The highest BCUT2D eigenvalue weighted by molar-refractivity contribution is 5.77. The van der Waals surface area contributed by atoms with Gasteiger partial charge >= 0.3 is 12.0 Å². The van der Waals surface area contributed by atoms with Gasteiger partial charge in [-0.15, -0.1) is 0 Å². The number of carboxylic acids is 1. The van der Waals surface area contributed by atoms with Crippen molar-refractivity contribution in [2.75, 3.05) is 33.2 Å². The minimum absolute atomic E-state index is 0.00916. The zero-order valence-corrected chi connectivity index (χ0v) is 13.8. The predicted octanol–water partition coefficient (Wildman–Crippen LogP) is 1.14. The maximum absolute atomic E-state index is 12.1. The summed E-state index contributed by atoms with van der Waals surface area (Å²) in [5, 5.41) is 11.3. The van der Waals surface area contributed by atoms with Gasteiger partial charge in [0.25, 0.3) is 0 Å². The van der Waals surface area contributed by atoms with Crippen molar-refractivity contribution in [3.63, 3.8) is 0 Å². The monoisotopic (exact) mass is 325 g/mol. The van der Waals surface area contributed by atoms with Crippen LogP contribution in [0.4, 0.5) is 4.79 Å². The molecule has 0 aliphatic carbocycles. The van der Waals surface area contributed by atoms with Gasteiger partial charge in [-0.3, -0.25) is 9.59 Å². The van der Waals surface area contributed by atoms with Crippen LogP contribution in [0.1, 0.15) is 38.5 Å². The number of nitrogens with zero attached hydrogens (tertiary/aromatic N) is 2. The molecule has 2 aliphatic rings. The molecule has 0 spiro atoms. The standard InChI is InChI=1S/C16H27N3O4/c1-17-16(23)18-8-5-12(6-9-18)13-7-10-19(11-13)14(20)3-2-4-15(21)22/h12-13H,2-11H2,1H3,(H,17,23)(H,21,22). The van der Waals surface area contributed by atoms with Crippen LogP contribution in [0.15, 0.2) is 0 Å². The van der Waals surface area contributed by atoms with E-state index in [0.717, 1.165) is 45.4 Å². The molecule has 0 saturated carbocycles. The number of nitrogens with one attached hydrogen (secondary N) is 1. The van der Waals surface area contributed by atoms with Crippen LogP contribution < -0.4 is 5.32 Å². The molecule has 2 N–H and O–H groups in total. The van der Waals surface area contributed by atoms with Gasteiger partial charge in [-0.1, -0.05) is 0 Å². The maximum Gasteiger partial charge on any atom is 0.317 e. The molecule has 7 heteroatoms. The normalized spacial score (nSPS) is 22.2. The van der Waals surface area contributed by atoms with Gasteiger partial charge in [-0.25, -0.2) is 4.79 Å². The number of likely N-dealkylation sites (tertiary alicyclic amines) is 2. The molecular weight excluding hydrogens is 298 g/mol. The Hall–Kier alpha value is -1.79. The SMILES string of the molecule is CNC(=O)N1CCC(C2CCN(C(=O)CCCC(=O)O)C2)CC1. The van der Waals surface area contributed by atoms with E-state index in [4.69, 9.17) is 5.11 Å². The number of rotatable bonds is 5. The van der Waals surface area contributed by atoms with Crippen LogP contribution in [0.3, 0.4) is 0 Å². The van der Waals surface area contributed by atoms with Gasteiger partial charge in [-0.2, -0.15) is 0 Å². The van der Waals surface area contributed by atoms with E-state index in [1.54, 1.807) is 7.05 Å². The van der Waals surface area contributed by atoms with Crippen molar-refractivity contribution in [2.24, 2.45) is 11.8 Å². The molecule has 0 radical (unpaired) electrons. The third kappa shape index (κ3) is 4.84. The second-order valence-electron chi connectivity index (χ2n) is 6.52. The summed E-state index contributed by atoms with van der Waals surface area (Å²) < 4.78 is 0. The van der Waals surface area contributed by atoms with Crippen LogP contribution in [-0.4, -0.2) is 66.0 Å². The van der Waals surface area contributed by atoms with Crippen molar-refractivity contribution >= 4 is 17.9 Å². The zero-order valence-electron chi connectivity index (χ0n) is 13.8. The summed E-state index contributed by atoms with van der Waals surface area (Å²) in [6, 6.07) is -0.00916. The van der Waals surface area contributed by atoms with Crippen LogP contribution in [0.2, 0.25) is 0 Å². The fourth-order valence-corrected chi connectivity index (χ4v) is 3.68. The van der Waals surface area contributed by atoms with Crippen LogP contribution in [0.25, 0.3) is 0 Å². The fraction of sp³-hybridized carbons (Fsp3) is 0.812. The molecule has 2 fully saturated rings. The summed E-state index contributed by atoms with van der Waals surface area (Å²) in [6.45, 7) is 3.14. The predicted molar refractivity (Wildman–Crippen MR) is 84.9 cm³/mol. The Morgan fingerprint density at radius 2 is 1.61 bits per heavy atom. The molecule has 0 aromatic rings. The van der Waals surface area contributed by atoms with Crippen molar-refractivity contribution in [1.82, 2.24) is 15.1 Å². The number of piperidine rings is 1. The van der Waals surface area contributed by atoms with Gasteiger partial charge in [0, 0.05) is 46.1 Å². The molecule has 7 nitrogen and oxygen atoms in total. The van der Waals surface area contributed by atoms with E-state index in [0.29, 0.717) is 24.7 Å². The molecule has 23 heavy (non-hydrogen) atoms. The quantitative estimate of drug-likeness (QED) is 0.793. The van der Waals surface area contributed by atoms with Gasteiger partial charge in [-0.05, 0) is 37.5 Å². The number of hydrogen-bond acceptors (Lipinski definition) is 3. The van der Waals surface area contributed by atoms with Crippen molar-refractivity contribution in [3.05, 3.63) is 0 Å². The summed E-state index contributed by atoms with van der Waals surface area (Å²) in [5.74, 6) is 0.328. The molecule has 2 aliphatic heterocycles. The number of hydrogen-bond donors (Lipinski definition) is 2. The molecule has 0 bridgehead atoms. The molecular formula is C16H27N3O4. The average molecular weight is 325 g/mol. The summed E-state index contributed by atoms with van der Waals surface area (Å²) in [7, 11) is 1.65. The van der Waals surface area contributed by atoms with E-state index in [-0.39, 0.29) is 18.4 Å². The highest BCUT2D eigenvalue weighted by atomic mass is 16.4. The van der Waals surface area contributed by atoms with E-state index in [2.05, 4.69) is 5.32 Å². The topological polar surface area (TPSA) is 90.0 Å². The third-order valence-electron chi connectivity index (χ3n) is 5.07. The van der Waals surface area contributed by atoms with E-state index < -0.39 is 5.97 Å². The van der Waals surface area contributed by atoms with Crippen LogP contribution in [0.5, 0.6) is 0 Å². The molecule has 0 aromatic heterocycles. The van der Waals surface area contributed by atoms with Gasteiger partial charge < -0.3 is 20.2 Å². The number of carbonyl (C=O) groups excluding carboxylic acids is 2. The smallest absolute Gasteiger partial charge is 0.317 e. The van der Waals surface area contributed by atoms with Crippen molar-refractivity contribution in [1.29, 1.82) is 0 Å². The molecule has 2 rings (SSSR count). The first-order valence-corrected chi connectivity index (χ1v) is 8.47. The van der Waals surface area contributed by atoms with Gasteiger partial charge in [0.1, 0.15) is 0 Å². The molecule has 0 aromatic carbocycles. The largest absolute Gasteiger partial charge is 0.481 e. The second kappa shape index (κ2) is 8.17. The molecule has 3 amide bonds. The number of urea groups is 1. The minimum Gasteiger partial charge on any atom is -0.481 e. The Bertz CT molecular complexity index is 447. The molecule has 1 atom stereocenters. The first kappa shape index (κ1) is 17.6. The Morgan fingerprint density at radius 3 is 2.22 bits per heavy atom. The highest BCUT2D eigenvalue weighted by Gasteiger charge is 2.34. The van der Waals surface area contributed by atoms with Crippen molar-refractivity contribution in [3.8, 4) is 0 Å². The zero-order chi connectivity index (χ0) is 16.8.